The van der Waals surface area contributed by atoms with E-state index in [2.05, 4.69) is 31.3 Å². The lowest BCUT2D eigenvalue weighted by Crippen LogP contribution is -2.22. The van der Waals surface area contributed by atoms with Gasteiger partial charge in [-0.1, -0.05) is 0 Å². The lowest BCUT2D eigenvalue weighted by Gasteiger charge is -2.15. The highest BCUT2D eigenvalue weighted by molar-refractivity contribution is 5.98. The Morgan fingerprint density at radius 2 is 2.00 bits per heavy atom. The Kier molecular flexibility index (Phi) is 5.40. The maximum atomic E-state index is 8.88. The Morgan fingerprint density at radius 3 is 2.78 bits per heavy atom. The van der Waals surface area contributed by atoms with Gasteiger partial charge in [0.2, 0.25) is 5.95 Å². The average Bonchev–Trinajstić information content (AvgIpc) is 3.13. The van der Waals surface area contributed by atoms with Gasteiger partial charge < -0.3 is 14.8 Å². The molecule has 3 heterocycles. The van der Waals surface area contributed by atoms with Gasteiger partial charge in [0.25, 0.3) is 0 Å². The van der Waals surface area contributed by atoms with Crippen molar-refractivity contribution in [1.82, 2.24) is 15.3 Å². The summed E-state index contributed by atoms with van der Waals surface area (Å²) in [5.41, 5.74) is 5.29. The number of aliphatic hydroxyl groups is 1. The first-order valence-electron chi connectivity index (χ1n) is 9.58. The molecule has 0 bridgehead atoms. The fraction of sp³-hybridized carbons (Fsp3) is 0.500. The highest BCUT2D eigenvalue weighted by atomic mass is 16.3. The Labute approximate surface area is 158 Å². The number of fused-ring (bicyclic) bond motifs is 1. The van der Waals surface area contributed by atoms with Crippen molar-refractivity contribution in [3.8, 4) is 11.5 Å². The van der Waals surface area contributed by atoms with Crippen molar-refractivity contribution < 1.29 is 9.52 Å². The summed E-state index contributed by atoms with van der Waals surface area (Å²) in [5.74, 6) is 2.34. The molecule has 27 heavy (non-hydrogen) atoms. The summed E-state index contributed by atoms with van der Waals surface area (Å²) in [4.78, 5) is 18.1. The van der Waals surface area contributed by atoms with Crippen molar-refractivity contribution in [2.75, 3.05) is 19.7 Å². The van der Waals surface area contributed by atoms with Crippen molar-refractivity contribution in [3.05, 3.63) is 29.2 Å². The number of aliphatic imine (C=N–C) groups is 2. The molecule has 7 nitrogen and oxygen atoms in total. The van der Waals surface area contributed by atoms with Crippen LogP contribution in [0.3, 0.4) is 0 Å². The second-order valence-electron chi connectivity index (χ2n) is 7.04. The third-order valence-corrected chi connectivity index (χ3v) is 5.03. The summed E-state index contributed by atoms with van der Waals surface area (Å²) in [6.07, 6.45) is 6.27. The maximum absolute atomic E-state index is 8.88. The SMILES string of the molecule is Cc1cnc(N=C2CCC(=NCCO)CC2)nc1-c1cc2c(o1)CCNC2. The molecular weight excluding hydrogens is 342 g/mol. The number of aryl methyl sites for hydroxylation is 1. The highest BCUT2D eigenvalue weighted by Crippen LogP contribution is 2.29. The van der Waals surface area contributed by atoms with Crippen LogP contribution in [0.25, 0.3) is 11.5 Å². The first-order valence-corrected chi connectivity index (χ1v) is 9.58. The number of hydrogen-bond acceptors (Lipinski definition) is 7. The zero-order valence-corrected chi connectivity index (χ0v) is 15.7. The van der Waals surface area contributed by atoms with Crippen molar-refractivity contribution in [3.63, 3.8) is 0 Å². The van der Waals surface area contributed by atoms with E-state index in [0.717, 1.165) is 73.7 Å². The standard InChI is InChI=1S/C20H25N5O2/c1-13-11-23-20(24-16-4-2-15(3-5-16)22-8-9-26)25-19(13)18-10-14-12-21-7-6-17(14)27-18/h10-11,21,26H,2-9,12H2,1H3. The van der Waals surface area contributed by atoms with Gasteiger partial charge in [-0.3, -0.25) is 4.99 Å². The molecule has 0 atom stereocenters. The van der Waals surface area contributed by atoms with Crippen LogP contribution < -0.4 is 5.32 Å². The molecule has 0 saturated heterocycles. The van der Waals surface area contributed by atoms with Crippen LogP contribution in [0.2, 0.25) is 0 Å². The Hall–Kier alpha value is -2.38. The molecule has 142 valence electrons. The van der Waals surface area contributed by atoms with E-state index >= 15 is 0 Å². The van der Waals surface area contributed by atoms with E-state index in [-0.39, 0.29) is 6.61 Å². The van der Waals surface area contributed by atoms with Crippen molar-refractivity contribution >= 4 is 17.4 Å². The van der Waals surface area contributed by atoms with Gasteiger partial charge >= 0.3 is 0 Å². The summed E-state index contributed by atoms with van der Waals surface area (Å²) in [6.45, 7) is 4.39. The number of hydrogen-bond donors (Lipinski definition) is 2. The molecule has 2 aromatic heterocycles. The monoisotopic (exact) mass is 367 g/mol. The minimum atomic E-state index is 0.108. The zero-order valence-electron chi connectivity index (χ0n) is 15.7. The normalized spacial score (nSPS) is 17.0. The summed E-state index contributed by atoms with van der Waals surface area (Å²) >= 11 is 0. The minimum absolute atomic E-state index is 0.108. The molecule has 7 heteroatoms. The van der Waals surface area contributed by atoms with Crippen molar-refractivity contribution in [2.24, 2.45) is 9.98 Å². The molecule has 2 aromatic rings. The smallest absolute Gasteiger partial charge is 0.249 e. The largest absolute Gasteiger partial charge is 0.459 e. The molecule has 0 unspecified atom stereocenters. The molecule has 1 aliphatic carbocycles. The number of aromatic nitrogens is 2. The summed E-state index contributed by atoms with van der Waals surface area (Å²) in [5, 5.41) is 12.2. The Balaban J connectivity index is 1.54. The molecule has 1 saturated carbocycles. The fourth-order valence-electron chi connectivity index (χ4n) is 3.55. The van der Waals surface area contributed by atoms with Crippen LogP contribution in [0, 0.1) is 6.92 Å². The number of nitrogens with zero attached hydrogens (tertiary/aromatic N) is 4. The van der Waals surface area contributed by atoms with Gasteiger partial charge in [-0.25, -0.2) is 15.0 Å². The minimum Gasteiger partial charge on any atom is -0.459 e. The number of furan rings is 1. The number of aliphatic hydroxyl groups excluding tert-OH is 1. The predicted molar refractivity (Wildman–Crippen MR) is 105 cm³/mol. The van der Waals surface area contributed by atoms with Gasteiger partial charge in [0.05, 0.1) is 13.2 Å². The van der Waals surface area contributed by atoms with Crippen LogP contribution in [0.4, 0.5) is 5.95 Å². The van der Waals surface area contributed by atoms with E-state index in [0.29, 0.717) is 12.5 Å². The van der Waals surface area contributed by atoms with Crippen LogP contribution in [-0.4, -0.2) is 46.2 Å². The third-order valence-electron chi connectivity index (χ3n) is 5.03. The highest BCUT2D eigenvalue weighted by Gasteiger charge is 2.19. The van der Waals surface area contributed by atoms with E-state index < -0.39 is 0 Å². The number of nitrogens with one attached hydrogen (secondary N) is 1. The lowest BCUT2D eigenvalue weighted by molar-refractivity contribution is 0.306. The molecule has 1 fully saturated rings. The molecular formula is C20H25N5O2. The van der Waals surface area contributed by atoms with Gasteiger partial charge in [0, 0.05) is 42.7 Å². The maximum Gasteiger partial charge on any atom is 0.249 e. The molecule has 2 aliphatic rings. The van der Waals surface area contributed by atoms with E-state index in [9.17, 15) is 0 Å². The topological polar surface area (TPSA) is 95.9 Å². The predicted octanol–water partition coefficient (Wildman–Crippen LogP) is 2.77. The molecule has 1 aliphatic heterocycles. The van der Waals surface area contributed by atoms with Gasteiger partial charge in [-0.15, -0.1) is 0 Å². The third kappa shape index (κ3) is 4.14. The molecule has 0 amide bonds. The molecule has 2 N–H and O–H groups in total. The van der Waals surface area contributed by atoms with Crippen LogP contribution in [0.15, 0.2) is 26.7 Å². The molecule has 0 radical (unpaired) electrons. The van der Waals surface area contributed by atoms with Crippen LogP contribution in [-0.2, 0) is 13.0 Å². The van der Waals surface area contributed by atoms with Gasteiger partial charge in [0.1, 0.15) is 11.5 Å². The second-order valence-corrected chi connectivity index (χ2v) is 7.04. The van der Waals surface area contributed by atoms with E-state index in [1.165, 1.54) is 11.3 Å². The zero-order chi connectivity index (χ0) is 18.6. The number of rotatable bonds is 4. The van der Waals surface area contributed by atoms with Crippen LogP contribution in [0.5, 0.6) is 0 Å². The summed E-state index contributed by atoms with van der Waals surface area (Å²) in [6, 6.07) is 2.08. The summed E-state index contributed by atoms with van der Waals surface area (Å²) < 4.78 is 6.05. The Bertz CT molecular complexity index is 849. The van der Waals surface area contributed by atoms with Crippen molar-refractivity contribution in [1.29, 1.82) is 0 Å². The van der Waals surface area contributed by atoms with E-state index in [4.69, 9.17) is 9.52 Å². The van der Waals surface area contributed by atoms with Crippen LogP contribution >= 0.6 is 0 Å². The molecule has 0 spiro atoms. The van der Waals surface area contributed by atoms with Crippen LogP contribution in [0.1, 0.15) is 42.6 Å². The van der Waals surface area contributed by atoms with Gasteiger partial charge in [-0.2, -0.15) is 0 Å². The lowest BCUT2D eigenvalue weighted by atomic mass is 9.96. The summed E-state index contributed by atoms with van der Waals surface area (Å²) in [7, 11) is 0. The quantitative estimate of drug-likeness (QED) is 0.866. The first-order chi connectivity index (χ1) is 13.2. The van der Waals surface area contributed by atoms with E-state index in [1.54, 1.807) is 0 Å². The second kappa shape index (κ2) is 8.10. The molecule has 0 aromatic carbocycles. The van der Waals surface area contributed by atoms with Gasteiger partial charge in [-0.05, 0) is 44.2 Å². The fourth-order valence-corrected chi connectivity index (χ4v) is 3.55. The van der Waals surface area contributed by atoms with Crippen molar-refractivity contribution in [2.45, 2.75) is 45.6 Å². The average molecular weight is 367 g/mol. The first kappa shape index (κ1) is 18.0. The molecule has 4 rings (SSSR count). The Morgan fingerprint density at radius 1 is 1.19 bits per heavy atom. The van der Waals surface area contributed by atoms with E-state index in [1.807, 2.05) is 13.1 Å². The van der Waals surface area contributed by atoms with Gasteiger partial charge in [0.15, 0.2) is 5.76 Å².